The highest BCUT2D eigenvalue weighted by Crippen LogP contribution is 2.43. The zero-order valence-electron chi connectivity index (χ0n) is 15.4. The monoisotopic (exact) mass is 354 g/mol. The second-order valence-electron chi connectivity index (χ2n) is 8.03. The second kappa shape index (κ2) is 5.20. The van der Waals surface area contributed by atoms with Gasteiger partial charge in [-0.2, -0.15) is 0 Å². The van der Waals surface area contributed by atoms with Crippen LogP contribution in [0.1, 0.15) is 32.9 Å². The molecule has 0 spiro atoms. The van der Waals surface area contributed by atoms with E-state index in [-0.39, 0.29) is 6.42 Å². The van der Waals surface area contributed by atoms with Crippen LogP contribution in [0.4, 0.5) is 0 Å². The van der Waals surface area contributed by atoms with Gasteiger partial charge in [0.2, 0.25) is 5.60 Å². The first-order valence-electron chi connectivity index (χ1n) is 8.66. The summed E-state index contributed by atoms with van der Waals surface area (Å²) in [6.45, 7) is 5.68. The Hall–Kier alpha value is -2.60. The van der Waals surface area contributed by atoms with Gasteiger partial charge in [-0.05, 0) is 38.5 Å². The number of rotatable bonds is 1. The predicted octanol–water partition coefficient (Wildman–Crippen LogP) is 2.30. The van der Waals surface area contributed by atoms with Crippen LogP contribution in [0.2, 0.25) is 0 Å². The maximum Gasteiger partial charge on any atom is 0.349 e. The van der Waals surface area contributed by atoms with Crippen molar-refractivity contribution in [3.05, 3.63) is 41.6 Å². The number of esters is 1. The van der Waals surface area contributed by atoms with Crippen molar-refractivity contribution >= 4 is 28.5 Å². The van der Waals surface area contributed by atoms with Crippen LogP contribution < -0.4 is 0 Å². The number of likely N-dealkylation sites (N-methyl/N-ethyl adjacent to an activating group) is 1. The van der Waals surface area contributed by atoms with Gasteiger partial charge in [0.15, 0.2) is 0 Å². The summed E-state index contributed by atoms with van der Waals surface area (Å²) in [5, 5.41) is 12.0. The largest absolute Gasteiger partial charge is 0.457 e. The number of benzene rings is 1. The Bertz CT molecular complexity index is 979. The van der Waals surface area contributed by atoms with E-state index in [0.717, 1.165) is 27.9 Å². The third kappa shape index (κ3) is 2.29. The fourth-order valence-electron chi connectivity index (χ4n) is 3.86. The summed E-state index contributed by atoms with van der Waals surface area (Å²) < 4.78 is 7.43. The molecule has 1 atom stereocenters. The molecule has 0 saturated carbocycles. The Kier molecular flexibility index (Phi) is 3.37. The van der Waals surface area contributed by atoms with Crippen LogP contribution in [0.25, 0.3) is 16.6 Å². The molecule has 136 valence electrons. The molecule has 2 aliphatic heterocycles. The molecule has 1 aromatic carbocycles. The van der Waals surface area contributed by atoms with E-state index in [1.807, 2.05) is 30.3 Å². The highest BCUT2D eigenvalue weighted by Gasteiger charge is 2.54. The summed E-state index contributed by atoms with van der Waals surface area (Å²) in [7, 11) is 1.60. The quantitative estimate of drug-likeness (QED) is 0.630. The minimum absolute atomic E-state index is 0.0452. The molecule has 2 aliphatic rings. The van der Waals surface area contributed by atoms with E-state index in [1.165, 1.54) is 4.90 Å². The van der Waals surface area contributed by atoms with Gasteiger partial charge in [-0.1, -0.05) is 18.2 Å². The van der Waals surface area contributed by atoms with Crippen molar-refractivity contribution in [2.45, 2.75) is 44.9 Å². The van der Waals surface area contributed by atoms with Crippen molar-refractivity contribution in [1.29, 1.82) is 0 Å². The van der Waals surface area contributed by atoms with Crippen LogP contribution in [0, 0.1) is 0 Å². The van der Waals surface area contributed by atoms with Gasteiger partial charge in [0.05, 0.1) is 11.4 Å². The predicted molar refractivity (Wildman–Crippen MR) is 97.0 cm³/mol. The molecule has 1 amide bonds. The number of hydrogen-bond donors (Lipinski definition) is 1. The van der Waals surface area contributed by atoms with Crippen LogP contribution in [0.3, 0.4) is 0 Å². The zero-order chi connectivity index (χ0) is 18.9. The molecule has 3 heterocycles. The fourth-order valence-corrected chi connectivity index (χ4v) is 3.86. The molecule has 0 bridgehead atoms. The van der Waals surface area contributed by atoms with Gasteiger partial charge in [-0.25, -0.2) is 4.79 Å². The van der Waals surface area contributed by atoms with Crippen LogP contribution in [0.15, 0.2) is 35.9 Å². The molecule has 0 radical (unpaired) electrons. The zero-order valence-corrected chi connectivity index (χ0v) is 15.4. The summed E-state index contributed by atoms with van der Waals surface area (Å²) in [5.74, 6) is -1.54. The first kappa shape index (κ1) is 16.8. The van der Waals surface area contributed by atoms with Crippen molar-refractivity contribution in [3.63, 3.8) is 0 Å². The summed E-state index contributed by atoms with van der Waals surface area (Å²) in [6, 6.07) is 10.0. The maximum absolute atomic E-state index is 12.9. The van der Waals surface area contributed by atoms with Crippen molar-refractivity contribution < 1.29 is 19.4 Å². The Morgan fingerprint density at radius 2 is 1.96 bits per heavy atom. The van der Waals surface area contributed by atoms with E-state index in [1.54, 1.807) is 27.8 Å². The van der Waals surface area contributed by atoms with E-state index in [9.17, 15) is 14.7 Å². The standard InChI is InChI=1S/C20H22N2O4/c1-19(2,3)26-18(24)20(25)10-13-11-22-14-8-6-5-7-12(14)9-15(22)16(13)21(4)17(20)23/h5-9,25H,10-11H2,1-4H3. The van der Waals surface area contributed by atoms with Crippen LogP contribution in [-0.2, 0) is 20.9 Å². The number of para-hydroxylation sites is 1. The molecule has 6 nitrogen and oxygen atoms in total. The number of hydrogen-bond acceptors (Lipinski definition) is 4. The van der Waals surface area contributed by atoms with E-state index < -0.39 is 23.1 Å². The Balaban J connectivity index is 1.76. The smallest absolute Gasteiger partial charge is 0.349 e. The number of aromatic nitrogens is 1. The molecular weight excluding hydrogens is 332 g/mol. The highest BCUT2D eigenvalue weighted by atomic mass is 16.6. The number of ether oxygens (including phenoxy) is 1. The average molecular weight is 354 g/mol. The molecule has 1 N–H and O–H groups in total. The lowest BCUT2D eigenvalue weighted by atomic mass is 9.87. The minimum Gasteiger partial charge on any atom is -0.457 e. The molecule has 4 rings (SSSR count). The molecule has 0 fully saturated rings. The molecular formula is C20H22N2O4. The van der Waals surface area contributed by atoms with Crippen molar-refractivity contribution in [1.82, 2.24) is 9.47 Å². The lowest BCUT2D eigenvalue weighted by molar-refractivity contribution is -0.183. The summed E-state index contributed by atoms with van der Waals surface area (Å²) in [4.78, 5) is 26.8. The Labute approximate surface area is 151 Å². The Morgan fingerprint density at radius 1 is 1.27 bits per heavy atom. The second-order valence-corrected chi connectivity index (χ2v) is 8.03. The number of fused-ring (bicyclic) bond motifs is 4. The van der Waals surface area contributed by atoms with Gasteiger partial charge in [-0.3, -0.25) is 4.79 Å². The van der Waals surface area contributed by atoms with Crippen LogP contribution >= 0.6 is 0 Å². The van der Waals surface area contributed by atoms with E-state index >= 15 is 0 Å². The van der Waals surface area contributed by atoms with E-state index in [4.69, 9.17) is 4.74 Å². The maximum atomic E-state index is 12.9. The number of nitrogens with zero attached hydrogens (tertiary/aromatic N) is 2. The molecule has 6 heteroatoms. The number of aliphatic hydroxyl groups is 1. The van der Waals surface area contributed by atoms with Crippen molar-refractivity contribution in [2.75, 3.05) is 7.05 Å². The topological polar surface area (TPSA) is 71.8 Å². The van der Waals surface area contributed by atoms with Gasteiger partial charge in [0, 0.05) is 30.9 Å². The fraction of sp³-hybridized carbons (Fsp3) is 0.400. The lowest BCUT2D eigenvalue weighted by Crippen LogP contribution is -2.57. The molecule has 26 heavy (non-hydrogen) atoms. The molecule has 0 saturated heterocycles. The third-order valence-electron chi connectivity index (χ3n) is 4.94. The minimum atomic E-state index is -2.18. The summed E-state index contributed by atoms with van der Waals surface area (Å²) in [5.41, 5.74) is 0.681. The van der Waals surface area contributed by atoms with Gasteiger partial charge in [0.1, 0.15) is 5.60 Å². The summed E-state index contributed by atoms with van der Waals surface area (Å²) >= 11 is 0. The Morgan fingerprint density at radius 3 is 2.65 bits per heavy atom. The first-order chi connectivity index (χ1) is 12.1. The third-order valence-corrected chi connectivity index (χ3v) is 4.94. The average Bonchev–Trinajstić information content (AvgIpc) is 3.06. The van der Waals surface area contributed by atoms with E-state index in [0.29, 0.717) is 6.54 Å². The normalized spacial score (nSPS) is 22.7. The molecule has 0 aliphatic carbocycles. The lowest BCUT2D eigenvalue weighted by Gasteiger charge is -2.36. The van der Waals surface area contributed by atoms with Gasteiger partial charge in [-0.15, -0.1) is 0 Å². The van der Waals surface area contributed by atoms with Gasteiger partial charge < -0.3 is 19.3 Å². The summed E-state index contributed by atoms with van der Waals surface area (Å²) in [6.07, 6.45) is -0.0452. The van der Waals surface area contributed by atoms with E-state index in [2.05, 4.69) is 4.57 Å². The van der Waals surface area contributed by atoms with Gasteiger partial charge >= 0.3 is 5.97 Å². The van der Waals surface area contributed by atoms with Gasteiger partial charge in [0.25, 0.3) is 5.91 Å². The molecule has 2 aromatic rings. The number of amides is 1. The number of carbonyl (C=O) groups is 2. The SMILES string of the molecule is CN1C(=O)C(O)(C(=O)OC(C)(C)C)CC2=C1c1cc3ccccc3n1C2. The van der Waals surface area contributed by atoms with Crippen molar-refractivity contribution in [3.8, 4) is 0 Å². The van der Waals surface area contributed by atoms with Crippen molar-refractivity contribution in [2.24, 2.45) is 0 Å². The number of carbonyl (C=O) groups excluding carboxylic acids is 2. The molecule has 1 unspecified atom stereocenters. The molecule has 1 aromatic heterocycles. The van der Waals surface area contributed by atoms with Crippen LogP contribution in [0.5, 0.6) is 0 Å². The van der Waals surface area contributed by atoms with Crippen LogP contribution in [-0.4, -0.2) is 44.7 Å². The first-order valence-corrected chi connectivity index (χ1v) is 8.66. The highest BCUT2D eigenvalue weighted by molar-refractivity contribution is 6.11.